The average Bonchev–Trinajstić information content (AvgIpc) is 3.32. The van der Waals surface area contributed by atoms with Crippen LogP contribution < -0.4 is 22.9 Å². The van der Waals surface area contributed by atoms with Gasteiger partial charge in [0.25, 0.3) is 0 Å². The molecule has 0 fully saturated rings. The molecule has 2 heterocycles. The minimum Gasteiger partial charge on any atom is -0.457 e. The van der Waals surface area contributed by atoms with Crippen LogP contribution in [0.3, 0.4) is 0 Å². The molecule has 6 nitrogen and oxygen atoms in total. The van der Waals surface area contributed by atoms with E-state index >= 15 is 0 Å². The summed E-state index contributed by atoms with van der Waals surface area (Å²) in [6, 6.07) is 15.3. The van der Waals surface area contributed by atoms with E-state index in [9.17, 15) is 0 Å². The van der Waals surface area contributed by atoms with Gasteiger partial charge in [-0.2, -0.15) is 0 Å². The molecule has 0 atom stereocenters. The van der Waals surface area contributed by atoms with Gasteiger partial charge in [0.1, 0.15) is 22.7 Å². The predicted molar refractivity (Wildman–Crippen MR) is 122 cm³/mol. The molecule has 2 aromatic carbocycles. The zero-order chi connectivity index (χ0) is 21.1. The first-order valence-corrected chi connectivity index (χ1v) is 9.60. The zero-order valence-electron chi connectivity index (χ0n) is 16.4. The maximum absolute atomic E-state index is 5.79. The molecule has 8 N–H and O–H groups in total. The van der Waals surface area contributed by atoms with E-state index in [4.69, 9.17) is 31.8 Å². The number of hydrogen-bond donors (Lipinski definition) is 4. The van der Waals surface area contributed by atoms with Crippen molar-refractivity contribution in [3.63, 3.8) is 0 Å². The van der Waals surface area contributed by atoms with Crippen LogP contribution in [0.1, 0.15) is 35.0 Å². The third kappa shape index (κ3) is 4.42. The highest BCUT2D eigenvalue weighted by Crippen LogP contribution is 2.24. The molecule has 4 rings (SSSR count). The largest absolute Gasteiger partial charge is 0.457 e. The molecule has 0 unspecified atom stereocenters. The summed E-state index contributed by atoms with van der Waals surface area (Å²) in [5.41, 5.74) is 26.2. The van der Waals surface area contributed by atoms with Crippen LogP contribution in [0, 0.1) is 0 Å². The Kier molecular flexibility index (Phi) is 5.65. The van der Waals surface area contributed by atoms with Crippen molar-refractivity contribution in [2.45, 2.75) is 12.3 Å². The fraction of sp³-hybridized carbons (Fsp3) is 0.0833. The molecule has 0 bridgehead atoms. The van der Waals surface area contributed by atoms with Crippen molar-refractivity contribution in [3.05, 3.63) is 95.5 Å². The maximum Gasteiger partial charge on any atom is 0.134 e. The van der Waals surface area contributed by atoms with Crippen LogP contribution in [0.4, 0.5) is 0 Å². The number of allylic oxidation sites excluding steroid dienone is 4. The van der Waals surface area contributed by atoms with Crippen molar-refractivity contribution >= 4 is 34.1 Å². The summed E-state index contributed by atoms with van der Waals surface area (Å²) in [6.07, 6.45) is 10.4. The fourth-order valence-corrected chi connectivity index (χ4v) is 3.17. The van der Waals surface area contributed by atoms with Crippen molar-refractivity contribution < 1.29 is 8.83 Å². The monoisotopic (exact) mass is 400 g/mol. The SMILES string of the molecule is NC(N)c1ccc2oc(/C=C/C=C/C=C/c3cc4cc(C(N)N)ccc4o3)cc2c1. The second kappa shape index (κ2) is 8.52. The number of rotatable bonds is 6. The Morgan fingerprint density at radius 2 is 1.00 bits per heavy atom. The summed E-state index contributed by atoms with van der Waals surface area (Å²) in [5.74, 6) is 1.51. The minimum atomic E-state index is -0.495. The first kappa shape index (κ1) is 19.9. The van der Waals surface area contributed by atoms with E-state index < -0.39 is 12.3 Å². The lowest BCUT2D eigenvalue weighted by atomic mass is 10.1. The molecule has 152 valence electrons. The highest BCUT2D eigenvalue weighted by molar-refractivity contribution is 5.81. The highest BCUT2D eigenvalue weighted by Gasteiger charge is 2.06. The third-order valence-electron chi connectivity index (χ3n) is 4.74. The van der Waals surface area contributed by atoms with Crippen molar-refractivity contribution in [3.8, 4) is 0 Å². The van der Waals surface area contributed by atoms with Gasteiger partial charge in [-0.3, -0.25) is 0 Å². The second-order valence-electron chi connectivity index (χ2n) is 7.05. The lowest BCUT2D eigenvalue weighted by molar-refractivity contribution is 0.603. The topological polar surface area (TPSA) is 130 Å². The molecule has 6 heteroatoms. The number of benzene rings is 2. The van der Waals surface area contributed by atoms with Crippen molar-refractivity contribution in [2.24, 2.45) is 22.9 Å². The summed E-state index contributed by atoms with van der Waals surface area (Å²) in [7, 11) is 0. The number of fused-ring (bicyclic) bond motifs is 2. The standard InChI is InChI=1S/C24H24N4O2/c25-23(26)15-7-9-21-17(11-15)13-19(29-21)5-3-1-2-4-6-20-14-18-12-16(24(27)28)8-10-22(18)30-20/h1-14,23-24H,25-28H2/b2-1+,5-3+,6-4+. The molecule has 0 saturated carbocycles. The molecule has 0 radical (unpaired) electrons. The molecule has 0 aliphatic rings. The van der Waals surface area contributed by atoms with Gasteiger partial charge >= 0.3 is 0 Å². The van der Waals surface area contributed by atoms with Gasteiger partial charge in [-0.05, 0) is 59.7 Å². The first-order chi connectivity index (χ1) is 14.5. The van der Waals surface area contributed by atoms with E-state index in [1.807, 2.05) is 85.0 Å². The van der Waals surface area contributed by atoms with Crippen LogP contribution in [0.5, 0.6) is 0 Å². The van der Waals surface area contributed by atoms with E-state index in [2.05, 4.69) is 0 Å². The Labute approximate surface area is 174 Å². The number of nitrogens with two attached hydrogens (primary N) is 4. The molecule has 30 heavy (non-hydrogen) atoms. The normalized spacial score (nSPS) is 12.9. The van der Waals surface area contributed by atoms with Crippen molar-refractivity contribution in [1.82, 2.24) is 0 Å². The van der Waals surface area contributed by atoms with Crippen LogP contribution in [0.15, 0.2) is 81.7 Å². The summed E-state index contributed by atoms with van der Waals surface area (Å²) in [4.78, 5) is 0. The molecular formula is C24H24N4O2. The molecule has 0 aliphatic carbocycles. The Bertz CT molecular complexity index is 1160. The fourth-order valence-electron chi connectivity index (χ4n) is 3.17. The Morgan fingerprint density at radius 3 is 1.40 bits per heavy atom. The highest BCUT2D eigenvalue weighted by atomic mass is 16.3. The van der Waals surface area contributed by atoms with Gasteiger partial charge in [0, 0.05) is 10.8 Å². The summed E-state index contributed by atoms with van der Waals surface area (Å²) in [6.45, 7) is 0. The summed E-state index contributed by atoms with van der Waals surface area (Å²) in [5, 5.41) is 1.95. The van der Waals surface area contributed by atoms with E-state index in [0.717, 1.165) is 44.6 Å². The van der Waals surface area contributed by atoms with Gasteiger partial charge in [0.05, 0.1) is 12.3 Å². The van der Waals surface area contributed by atoms with E-state index in [1.54, 1.807) is 0 Å². The molecule has 0 spiro atoms. The Hall–Kier alpha value is -3.42. The van der Waals surface area contributed by atoms with Gasteiger partial charge in [-0.15, -0.1) is 0 Å². The smallest absolute Gasteiger partial charge is 0.134 e. The number of furan rings is 2. The maximum atomic E-state index is 5.79. The van der Waals surface area contributed by atoms with Gasteiger partial charge in [0.15, 0.2) is 0 Å². The Morgan fingerprint density at radius 1 is 0.567 bits per heavy atom. The average molecular weight is 400 g/mol. The minimum absolute atomic E-state index is 0.495. The van der Waals surface area contributed by atoms with E-state index in [-0.39, 0.29) is 0 Å². The Balaban J connectivity index is 1.41. The van der Waals surface area contributed by atoms with E-state index in [0.29, 0.717) is 0 Å². The molecule has 0 saturated heterocycles. The number of hydrogen-bond acceptors (Lipinski definition) is 6. The molecule has 2 aromatic heterocycles. The van der Waals surface area contributed by atoms with Gasteiger partial charge in [-0.1, -0.05) is 36.4 Å². The molecule has 0 amide bonds. The first-order valence-electron chi connectivity index (χ1n) is 9.60. The van der Waals surface area contributed by atoms with Crippen LogP contribution in [-0.2, 0) is 0 Å². The van der Waals surface area contributed by atoms with Gasteiger partial charge in [-0.25, -0.2) is 0 Å². The lowest BCUT2D eigenvalue weighted by Gasteiger charge is -2.03. The van der Waals surface area contributed by atoms with E-state index in [1.165, 1.54) is 0 Å². The lowest BCUT2D eigenvalue weighted by Crippen LogP contribution is -2.19. The van der Waals surface area contributed by atoms with Crippen molar-refractivity contribution in [1.29, 1.82) is 0 Å². The van der Waals surface area contributed by atoms with Crippen LogP contribution in [-0.4, -0.2) is 0 Å². The third-order valence-corrected chi connectivity index (χ3v) is 4.74. The summed E-state index contributed by atoms with van der Waals surface area (Å²) >= 11 is 0. The summed E-state index contributed by atoms with van der Waals surface area (Å²) < 4.78 is 11.6. The van der Waals surface area contributed by atoms with Crippen molar-refractivity contribution in [2.75, 3.05) is 0 Å². The van der Waals surface area contributed by atoms with Crippen LogP contribution in [0.25, 0.3) is 34.1 Å². The van der Waals surface area contributed by atoms with Gasteiger partial charge in [0.2, 0.25) is 0 Å². The quantitative estimate of drug-likeness (QED) is 0.282. The van der Waals surface area contributed by atoms with Crippen LogP contribution in [0.2, 0.25) is 0 Å². The molecule has 4 aromatic rings. The molecule has 0 aliphatic heterocycles. The zero-order valence-corrected chi connectivity index (χ0v) is 16.4. The predicted octanol–water partition coefficient (Wildman–Crippen LogP) is 4.29. The molecular weight excluding hydrogens is 376 g/mol. The van der Waals surface area contributed by atoms with Gasteiger partial charge < -0.3 is 31.8 Å². The second-order valence-corrected chi connectivity index (χ2v) is 7.05. The van der Waals surface area contributed by atoms with Crippen LogP contribution >= 0.6 is 0 Å².